The van der Waals surface area contributed by atoms with Crippen molar-refractivity contribution in [1.29, 1.82) is 0 Å². The van der Waals surface area contributed by atoms with Crippen LogP contribution >= 0.6 is 0 Å². The molecule has 0 spiro atoms. The molecule has 3 atom stereocenters. The van der Waals surface area contributed by atoms with Gasteiger partial charge in [0.1, 0.15) is 5.75 Å². The average Bonchev–Trinajstić information content (AvgIpc) is 3.11. The van der Waals surface area contributed by atoms with Gasteiger partial charge in [-0.1, -0.05) is 42.5 Å². The number of esters is 1. The molecule has 2 fully saturated rings. The first-order valence-corrected chi connectivity index (χ1v) is 11.7. The van der Waals surface area contributed by atoms with E-state index in [0.717, 1.165) is 17.5 Å². The first-order chi connectivity index (χ1) is 16.4. The highest BCUT2D eigenvalue weighted by Gasteiger charge is 2.50. The third kappa shape index (κ3) is 4.03. The third-order valence-corrected chi connectivity index (χ3v) is 7.23. The zero-order chi connectivity index (χ0) is 23.8. The zero-order valence-corrected chi connectivity index (χ0v) is 19.4. The fourth-order valence-electron chi connectivity index (χ4n) is 5.18. The van der Waals surface area contributed by atoms with Crippen LogP contribution in [0.2, 0.25) is 0 Å². The largest absolute Gasteiger partial charge is 0.423 e. The maximum Gasteiger partial charge on any atom is 0.343 e. The average molecular weight is 454 g/mol. The van der Waals surface area contributed by atoms with Gasteiger partial charge >= 0.3 is 5.97 Å². The molecular weight excluding hydrogens is 426 g/mol. The molecular formula is C29H27NO4. The number of aryl methyl sites for hydroxylation is 2. The standard InChI is InChI=1S/C29H27NO4/c1-18-11-13-24(15-19(18)2)34-29(33)22-9-6-10-23(16-22)30-27(31)25-14-12-21(17-26(25)28(30)32)20-7-4-3-5-8-20/h3-11,13,15-16,21,25-26H,12,14,17H2,1-2H3/t21-,25+,26-/m0/s1. The summed E-state index contributed by atoms with van der Waals surface area (Å²) in [6.07, 6.45) is 2.25. The van der Waals surface area contributed by atoms with Gasteiger partial charge in [-0.25, -0.2) is 4.79 Å². The number of amides is 2. The predicted octanol–water partition coefficient (Wildman–Crippen LogP) is 5.60. The summed E-state index contributed by atoms with van der Waals surface area (Å²) in [5.74, 6) is -0.735. The Morgan fingerprint density at radius 2 is 1.59 bits per heavy atom. The van der Waals surface area contributed by atoms with Crippen LogP contribution in [0.25, 0.3) is 0 Å². The van der Waals surface area contributed by atoms with E-state index in [4.69, 9.17) is 4.74 Å². The number of carbonyl (C=O) groups excluding carboxylic acids is 3. The van der Waals surface area contributed by atoms with E-state index in [0.29, 0.717) is 29.8 Å². The van der Waals surface area contributed by atoms with Crippen LogP contribution in [-0.4, -0.2) is 17.8 Å². The molecule has 0 aromatic heterocycles. The van der Waals surface area contributed by atoms with Crippen LogP contribution in [0.4, 0.5) is 5.69 Å². The molecule has 1 saturated heterocycles. The van der Waals surface area contributed by atoms with Crippen molar-refractivity contribution >= 4 is 23.5 Å². The van der Waals surface area contributed by atoms with Crippen molar-refractivity contribution in [3.8, 4) is 5.75 Å². The molecule has 3 aromatic carbocycles. The van der Waals surface area contributed by atoms with E-state index in [1.165, 1.54) is 10.5 Å². The van der Waals surface area contributed by atoms with Crippen molar-refractivity contribution in [1.82, 2.24) is 0 Å². The number of ether oxygens (including phenoxy) is 1. The van der Waals surface area contributed by atoms with Gasteiger partial charge in [0.15, 0.2) is 0 Å². The SMILES string of the molecule is Cc1ccc(OC(=O)c2cccc(N3C(=O)[C@H]4C[C@@H](c5ccccc5)CC[C@H]4C3=O)c2)cc1C. The summed E-state index contributed by atoms with van der Waals surface area (Å²) in [6, 6.07) is 22.3. The zero-order valence-electron chi connectivity index (χ0n) is 19.4. The Bertz CT molecular complexity index is 1270. The summed E-state index contributed by atoms with van der Waals surface area (Å²) in [6.45, 7) is 3.95. The maximum atomic E-state index is 13.4. The summed E-state index contributed by atoms with van der Waals surface area (Å²) < 4.78 is 5.54. The highest BCUT2D eigenvalue weighted by atomic mass is 16.5. The first kappa shape index (κ1) is 22.1. The molecule has 34 heavy (non-hydrogen) atoms. The Labute approximate surface area is 199 Å². The number of carbonyl (C=O) groups is 3. The number of benzene rings is 3. The van der Waals surface area contributed by atoms with E-state index in [1.54, 1.807) is 30.3 Å². The summed E-state index contributed by atoms with van der Waals surface area (Å²) in [4.78, 5) is 40.6. The highest BCUT2D eigenvalue weighted by molar-refractivity contribution is 6.22. The second kappa shape index (κ2) is 8.90. The van der Waals surface area contributed by atoms with Gasteiger partial charge in [0, 0.05) is 0 Å². The summed E-state index contributed by atoms with van der Waals surface area (Å²) in [5, 5.41) is 0. The number of rotatable bonds is 4. The number of fused-ring (bicyclic) bond motifs is 1. The lowest BCUT2D eigenvalue weighted by Crippen LogP contribution is -2.31. The Morgan fingerprint density at radius 3 is 2.35 bits per heavy atom. The van der Waals surface area contributed by atoms with Gasteiger partial charge in [0.2, 0.25) is 11.8 Å². The summed E-state index contributed by atoms with van der Waals surface area (Å²) in [5.41, 5.74) is 4.09. The second-order valence-corrected chi connectivity index (χ2v) is 9.33. The van der Waals surface area contributed by atoms with E-state index in [-0.39, 0.29) is 29.6 Å². The number of hydrogen-bond acceptors (Lipinski definition) is 4. The second-order valence-electron chi connectivity index (χ2n) is 9.33. The van der Waals surface area contributed by atoms with Crippen LogP contribution in [0, 0.1) is 25.7 Å². The first-order valence-electron chi connectivity index (χ1n) is 11.7. The normalized spacial score (nSPS) is 21.9. The van der Waals surface area contributed by atoms with Crippen LogP contribution in [0.5, 0.6) is 5.75 Å². The minimum Gasteiger partial charge on any atom is -0.423 e. The van der Waals surface area contributed by atoms with E-state index < -0.39 is 5.97 Å². The lowest BCUT2D eigenvalue weighted by molar-refractivity contribution is -0.122. The van der Waals surface area contributed by atoms with E-state index in [9.17, 15) is 14.4 Å². The molecule has 2 amide bonds. The molecule has 1 aliphatic carbocycles. The Balaban J connectivity index is 1.35. The molecule has 0 bridgehead atoms. The predicted molar refractivity (Wildman–Crippen MR) is 130 cm³/mol. The van der Waals surface area contributed by atoms with Crippen molar-refractivity contribution in [3.05, 3.63) is 95.1 Å². The molecule has 0 N–H and O–H groups in total. The third-order valence-electron chi connectivity index (χ3n) is 7.23. The highest BCUT2D eigenvalue weighted by Crippen LogP contribution is 2.45. The van der Waals surface area contributed by atoms with Gasteiger partial charge in [-0.3, -0.25) is 14.5 Å². The van der Waals surface area contributed by atoms with Gasteiger partial charge in [-0.2, -0.15) is 0 Å². The molecule has 5 nitrogen and oxygen atoms in total. The maximum absolute atomic E-state index is 13.4. The lowest BCUT2D eigenvalue weighted by Gasteiger charge is -2.28. The smallest absolute Gasteiger partial charge is 0.343 e. The fraction of sp³-hybridized carbons (Fsp3) is 0.276. The Kier molecular flexibility index (Phi) is 5.78. The van der Waals surface area contributed by atoms with Crippen molar-refractivity contribution in [2.75, 3.05) is 4.90 Å². The van der Waals surface area contributed by atoms with Crippen LogP contribution < -0.4 is 9.64 Å². The lowest BCUT2D eigenvalue weighted by atomic mass is 9.73. The van der Waals surface area contributed by atoms with Crippen LogP contribution in [-0.2, 0) is 9.59 Å². The van der Waals surface area contributed by atoms with Gasteiger partial charge in [0.05, 0.1) is 23.1 Å². The van der Waals surface area contributed by atoms with Crippen molar-refractivity contribution in [2.45, 2.75) is 39.0 Å². The van der Waals surface area contributed by atoms with Gasteiger partial charge in [0.25, 0.3) is 0 Å². The molecule has 0 unspecified atom stereocenters. The van der Waals surface area contributed by atoms with E-state index in [2.05, 4.69) is 12.1 Å². The Morgan fingerprint density at radius 1 is 0.824 bits per heavy atom. The van der Waals surface area contributed by atoms with Crippen LogP contribution in [0.3, 0.4) is 0 Å². The molecule has 1 heterocycles. The van der Waals surface area contributed by atoms with Crippen molar-refractivity contribution in [2.24, 2.45) is 11.8 Å². The van der Waals surface area contributed by atoms with Crippen molar-refractivity contribution in [3.63, 3.8) is 0 Å². The van der Waals surface area contributed by atoms with E-state index in [1.807, 2.05) is 44.2 Å². The molecule has 5 heteroatoms. The number of hydrogen-bond donors (Lipinski definition) is 0. The van der Waals surface area contributed by atoms with Gasteiger partial charge in [-0.05, 0) is 86.1 Å². The van der Waals surface area contributed by atoms with Crippen molar-refractivity contribution < 1.29 is 19.1 Å². The summed E-state index contributed by atoms with van der Waals surface area (Å²) in [7, 11) is 0. The molecule has 5 rings (SSSR count). The molecule has 3 aromatic rings. The number of imide groups is 1. The number of nitrogens with zero attached hydrogens (tertiary/aromatic N) is 1. The van der Waals surface area contributed by atoms with E-state index >= 15 is 0 Å². The minimum absolute atomic E-state index is 0.166. The van der Waals surface area contributed by atoms with Gasteiger partial charge < -0.3 is 4.74 Å². The Hall–Kier alpha value is -3.73. The molecule has 172 valence electrons. The quantitative estimate of drug-likeness (QED) is 0.293. The molecule has 1 aliphatic heterocycles. The molecule has 2 aliphatic rings. The molecule has 1 saturated carbocycles. The molecule has 0 radical (unpaired) electrons. The minimum atomic E-state index is -0.522. The monoisotopic (exact) mass is 453 g/mol. The fourth-order valence-corrected chi connectivity index (χ4v) is 5.18. The topological polar surface area (TPSA) is 63.7 Å². The van der Waals surface area contributed by atoms with Crippen LogP contribution in [0.1, 0.15) is 52.2 Å². The van der Waals surface area contributed by atoms with Gasteiger partial charge in [-0.15, -0.1) is 0 Å². The van der Waals surface area contributed by atoms with Crippen LogP contribution in [0.15, 0.2) is 72.8 Å². The number of anilines is 1. The summed E-state index contributed by atoms with van der Waals surface area (Å²) >= 11 is 0.